The first-order valence-corrected chi connectivity index (χ1v) is 8.86. The molecule has 0 N–H and O–H groups in total. The van der Waals surface area contributed by atoms with Crippen molar-refractivity contribution in [1.82, 2.24) is 9.21 Å². The fourth-order valence-electron chi connectivity index (χ4n) is 2.42. The maximum atomic E-state index is 12.5. The van der Waals surface area contributed by atoms with Gasteiger partial charge in [0, 0.05) is 13.1 Å². The van der Waals surface area contributed by atoms with Crippen LogP contribution in [0, 0.1) is 11.3 Å². The van der Waals surface area contributed by atoms with Crippen molar-refractivity contribution in [2.45, 2.75) is 10.9 Å². The summed E-state index contributed by atoms with van der Waals surface area (Å²) in [4.78, 5) is 24.3. The van der Waals surface area contributed by atoms with Gasteiger partial charge in [-0.1, -0.05) is 23.9 Å². The predicted octanol–water partition coefficient (Wildman–Crippen LogP) is 0.627. The normalized spacial score (nSPS) is 20.0. The van der Waals surface area contributed by atoms with Gasteiger partial charge in [0.15, 0.2) is 0 Å². The standard InChI is InChI=1S/C13H11N3O4S2/c14-5-9-3-1-2-4-11(9)22(19,20)15-6-10(7-15)16-12(17)8-21-13(16)18/h1-4,10H,6-8H2. The highest BCUT2D eigenvalue weighted by Crippen LogP contribution is 2.30. The molecule has 1 aromatic rings. The molecule has 0 aliphatic carbocycles. The Bertz CT molecular complexity index is 778. The van der Waals surface area contributed by atoms with E-state index in [9.17, 15) is 18.0 Å². The fourth-order valence-corrected chi connectivity index (χ4v) is 4.85. The summed E-state index contributed by atoms with van der Waals surface area (Å²) in [6.07, 6.45) is 0. The number of nitrogens with zero attached hydrogens (tertiary/aromatic N) is 3. The first kappa shape index (κ1) is 15.0. The molecule has 0 atom stereocenters. The molecular weight excluding hydrogens is 326 g/mol. The summed E-state index contributed by atoms with van der Waals surface area (Å²) in [5.41, 5.74) is 0.0785. The molecule has 9 heteroatoms. The van der Waals surface area contributed by atoms with Gasteiger partial charge in [-0.15, -0.1) is 0 Å². The lowest BCUT2D eigenvalue weighted by molar-refractivity contribution is -0.127. The third-order valence-electron chi connectivity index (χ3n) is 3.60. The summed E-state index contributed by atoms with van der Waals surface area (Å²) in [6.45, 7) is 0.139. The lowest BCUT2D eigenvalue weighted by Crippen LogP contribution is -2.61. The molecule has 3 rings (SSSR count). The van der Waals surface area contributed by atoms with E-state index in [0.29, 0.717) is 0 Å². The van der Waals surface area contributed by atoms with Crippen LogP contribution in [-0.4, -0.2) is 53.7 Å². The second kappa shape index (κ2) is 5.39. The highest BCUT2D eigenvalue weighted by Gasteiger charge is 2.46. The first-order chi connectivity index (χ1) is 10.4. The number of hydrogen-bond acceptors (Lipinski definition) is 6. The van der Waals surface area contributed by atoms with E-state index in [1.807, 2.05) is 6.07 Å². The summed E-state index contributed by atoms with van der Waals surface area (Å²) in [5.74, 6) is -0.172. The van der Waals surface area contributed by atoms with Gasteiger partial charge in [0.05, 0.1) is 22.3 Å². The monoisotopic (exact) mass is 337 g/mol. The van der Waals surface area contributed by atoms with Crippen LogP contribution in [-0.2, 0) is 14.8 Å². The fraction of sp³-hybridized carbons (Fsp3) is 0.308. The van der Waals surface area contributed by atoms with E-state index < -0.39 is 16.1 Å². The molecule has 0 saturated carbocycles. The van der Waals surface area contributed by atoms with E-state index in [1.165, 1.54) is 16.4 Å². The molecule has 0 spiro atoms. The zero-order valence-corrected chi connectivity index (χ0v) is 12.9. The summed E-state index contributed by atoms with van der Waals surface area (Å²) >= 11 is 0.929. The van der Waals surface area contributed by atoms with E-state index in [0.717, 1.165) is 16.7 Å². The molecule has 0 unspecified atom stereocenters. The van der Waals surface area contributed by atoms with Crippen LogP contribution in [0.15, 0.2) is 29.2 Å². The van der Waals surface area contributed by atoms with Gasteiger partial charge in [-0.3, -0.25) is 14.5 Å². The van der Waals surface area contributed by atoms with Crippen molar-refractivity contribution in [3.05, 3.63) is 29.8 Å². The zero-order valence-electron chi connectivity index (χ0n) is 11.3. The Morgan fingerprint density at radius 1 is 1.23 bits per heavy atom. The number of benzene rings is 1. The molecule has 2 aliphatic heterocycles. The van der Waals surface area contributed by atoms with Crippen LogP contribution in [0.2, 0.25) is 0 Å². The molecule has 7 nitrogen and oxygen atoms in total. The van der Waals surface area contributed by atoms with Crippen LogP contribution >= 0.6 is 11.8 Å². The lowest BCUT2D eigenvalue weighted by atomic mass is 10.1. The van der Waals surface area contributed by atoms with Gasteiger partial charge in [0.25, 0.3) is 5.24 Å². The summed E-state index contributed by atoms with van der Waals surface area (Å²) in [6, 6.07) is 7.40. The Morgan fingerprint density at radius 3 is 2.50 bits per heavy atom. The highest BCUT2D eigenvalue weighted by atomic mass is 32.2. The summed E-state index contributed by atoms with van der Waals surface area (Å²) < 4.78 is 26.2. The largest absolute Gasteiger partial charge is 0.289 e. The van der Waals surface area contributed by atoms with Crippen LogP contribution in [0.1, 0.15) is 5.56 Å². The topological polar surface area (TPSA) is 98.5 Å². The number of hydrogen-bond donors (Lipinski definition) is 0. The molecule has 0 aromatic heterocycles. The smallest absolute Gasteiger partial charge is 0.273 e. The van der Waals surface area contributed by atoms with Gasteiger partial charge in [-0.05, 0) is 12.1 Å². The molecule has 2 aliphatic rings. The second-order valence-corrected chi connectivity index (χ2v) is 7.74. The highest BCUT2D eigenvalue weighted by molar-refractivity contribution is 8.14. The number of carbonyl (C=O) groups excluding carboxylic acids is 2. The Kier molecular flexibility index (Phi) is 3.68. The summed E-state index contributed by atoms with van der Waals surface area (Å²) in [5, 5.41) is 8.69. The third kappa shape index (κ3) is 2.29. The Labute approximate surface area is 131 Å². The van der Waals surface area contributed by atoms with Crippen LogP contribution in [0.5, 0.6) is 0 Å². The number of thioether (sulfide) groups is 1. The molecule has 2 saturated heterocycles. The number of nitriles is 1. The number of carbonyl (C=O) groups is 2. The van der Waals surface area contributed by atoms with Crippen molar-refractivity contribution in [2.75, 3.05) is 18.8 Å². The lowest BCUT2D eigenvalue weighted by Gasteiger charge is -2.41. The Morgan fingerprint density at radius 2 is 1.91 bits per heavy atom. The van der Waals surface area contributed by atoms with Crippen molar-refractivity contribution < 1.29 is 18.0 Å². The quantitative estimate of drug-likeness (QED) is 0.802. The van der Waals surface area contributed by atoms with Crippen molar-refractivity contribution >= 4 is 32.9 Å². The SMILES string of the molecule is N#Cc1ccccc1S(=O)(=O)N1CC(N2C(=O)CSC2=O)C1. The minimum atomic E-state index is -3.79. The molecule has 1 aromatic carbocycles. The van der Waals surface area contributed by atoms with Crippen LogP contribution in [0.4, 0.5) is 4.79 Å². The van der Waals surface area contributed by atoms with Crippen LogP contribution < -0.4 is 0 Å². The van der Waals surface area contributed by atoms with Gasteiger partial charge < -0.3 is 0 Å². The number of rotatable bonds is 3. The Balaban J connectivity index is 1.79. The van der Waals surface area contributed by atoms with Gasteiger partial charge in [0.2, 0.25) is 15.9 Å². The molecule has 22 heavy (non-hydrogen) atoms. The van der Waals surface area contributed by atoms with Gasteiger partial charge in [0.1, 0.15) is 6.07 Å². The summed E-state index contributed by atoms with van der Waals surface area (Å²) in [7, 11) is -3.79. The van der Waals surface area contributed by atoms with Crippen molar-refractivity contribution in [1.29, 1.82) is 5.26 Å². The molecule has 114 valence electrons. The maximum absolute atomic E-state index is 12.5. The number of amides is 2. The minimum absolute atomic E-state index is 0.0515. The van der Waals surface area contributed by atoms with Crippen LogP contribution in [0.25, 0.3) is 0 Å². The average Bonchev–Trinajstić information content (AvgIpc) is 2.77. The number of sulfonamides is 1. The molecule has 0 bridgehead atoms. The van der Waals surface area contributed by atoms with E-state index in [2.05, 4.69) is 0 Å². The third-order valence-corrected chi connectivity index (χ3v) is 6.33. The van der Waals surface area contributed by atoms with Crippen LogP contribution in [0.3, 0.4) is 0 Å². The van der Waals surface area contributed by atoms with E-state index in [1.54, 1.807) is 12.1 Å². The molecular formula is C13H11N3O4S2. The first-order valence-electron chi connectivity index (χ1n) is 6.43. The van der Waals surface area contributed by atoms with Gasteiger partial charge in [-0.2, -0.15) is 9.57 Å². The van der Waals surface area contributed by atoms with Crippen molar-refractivity contribution in [3.63, 3.8) is 0 Å². The van der Waals surface area contributed by atoms with E-state index in [4.69, 9.17) is 5.26 Å². The van der Waals surface area contributed by atoms with Crippen molar-refractivity contribution in [2.24, 2.45) is 0 Å². The predicted molar refractivity (Wildman–Crippen MR) is 78.4 cm³/mol. The van der Waals surface area contributed by atoms with Crippen molar-refractivity contribution in [3.8, 4) is 6.07 Å². The van der Waals surface area contributed by atoms with Gasteiger partial charge in [-0.25, -0.2) is 8.42 Å². The zero-order chi connectivity index (χ0) is 15.9. The second-order valence-electron chi connectivity index (χ2n) is 4.90. The molecule has 2 amide bonds. The number of imide groups is 1. The van der Waals surface area contributed by atoms with E-state index in [-0.39, 0.29) is 40.4 Å². The Hall–Kier alpha value is -1.89. The molecule has 2 fully saturated rings. The maximum Gasteiger partial charge on any atom is 0.289 e. The molecule has 0 radical (unpaired) electrons. The average molecular weight is 337 g/mol. The van der Waals surface area contributed by atoms with E-state index >= 15 is 0 Å². The van der Waals surface area contributed by atoms with Gasteiger partial charge >= 0.3 is 0 Å². The minimum Gasteiger partial charge on any atom is -0.273 e. The molecule has 2 heterocycles.